The normalized spacial score (nSPS) is 34.9. The molecular formula is C10H12O4. The number of carbonyl (C=O) groups excluding carboxylic acids is 2. The van der Waals surface area contributed by atoms with Gasteiger partial charge in [0, 0.05) is 6.42 Å². The first-order valence-electron chi connectivity index (χ1n) is 4.61. The maximum atomic E-state index is 11.6. The third-order valence-corrected chi connectivity index (χ3v) is 2.84. The van der Waals surface area contributed by atoms with Crippen LogP contribution >= 0.6 is 0 Å². The summed E-state index contributed by atoms with van der Waals surface area (Å²) in [6.45, 7) is 0. The Labute approximate surface area is 81.9 Å². The van der Waals surface area contributed by atoms with Crippen LogP contribution in [0.15, 0.2) is 12.2 Å². The summed E-state index contributed by atoms with van der Waals surface area (Å²) in [5, 5.41) is 0. The second-order valence-electron chi connectivity index (χ2n) is 3.81. The highest BCUT2D eigenvalue weighted by Crippen LogP contribution is 2.42. The topological polar surface area (TPSA) is 52.6 Å². The van der Waals surface area contributed by atoms with Crippen LogP contribution in [0.1, 0.15) is 19.3 Å². The maximum Gasteiger partial charge on any atom is 0.312 e. The van der Waals surface area contributed by atoms with Crippen molar-refractivity contribution in [3.8, 4) is 0 Å². The van der Waals surface area contributed by atoms with Gasteiger partial charge in [0.1, 0.15) is 6.10 Å². The van der Waals surface area contributed by atoms with Gasteiger partial charge in [0.05, 0.1) is 18.9 Å². The van der Waals surface area contributed by atoms with Crippen LogP contribution in [-0.4, -0.2) is 25.2 Å². The van der Waals surface area contributed by atoms with E-state index >= 15 is 0 Å². The fraction of sp³-hybridized carbons (Fsp3) is 0.600. The van der Waals surface area contributed by atoms with E-state index < -0.39 is 5.41 Å². The van der Waals surface area contributed by atoms with Crippen LogP contribution in [0.2, 0.25) is 0 Å². The number of rotatable bonds is 1. The molecule has 2 atom stereocenters. The summed E-state index contributed by atoms with van der Waals surface area (Å²) in [4.78, 5) is 22.8. The molecule has 0 unspecified atom stereocenters. The Balaban J connectivity index is 2.29. The molecule has 0 aromatic heterocycles. The van der Waals surface area contributed by atoms with E-state index in [1.807, 2.05) is 12.2 Å². The molecule has 1 fully saturated rings. The van der Waals surface area contributed by atoms with Gasteiger partial charge in [0.25, 0.3) is 0 Å². The molecule has 0 N–H and O–H groups in total. The lowest BCUT2D eigenvalue weighted by atomic mass is 9.72. The van der Waals surface area contributed by atoms with Crippen LogP contribution in [0.5, 0.6) is 0 Å². The lowest BCUT2D eigenvalue weighted by Gasteiger charge is -2.38. The van der Waals surface area contributed by atoms with E-state index in [2.05, 4.69) is 0 Å². The van der Waals surface area contributed by atoms with Crippen LogP contribution in [0.25, 0.3) is 0 Å². The lowest BCUT2D eigenvalue weighted by molar-refractivity contribution is -0.173. The Morgan fingerprint density at radius 1 is 1.71 bits per heavy atom. The van der Waals surface area contributed by atoms with Gasteiger partial charge < -0.3 is 9.47 Å². The fourth-order valence-electron chi connectivity index (χ4n) is 2.15. The quantitative estimate of drug-likeness (QED) is 0.460. The summed E-state index contributed by atoms with van der Waals surface area (Å²) < 4.78 is 9.78. The van der Waals surface area contributed by atoms with Gasteiger partial charge in [-0.15, -0.1) is 0 Å². The summed E-state index contributed by atoms with van der Waals surface area (Å²) in [5.41, 5.74) is -0.663. The first kappa shape index (κ1) is 9.24. The minimum atomic E-state index is -0.663. The van der Waals surface area contributed by atoms with Crippen molar-refractivity contribution in [2.24, 2.45) is 5.41 Å². The minimum absolute atomic E-state index is 0.139. The second-order valence-corrected chi connectivity index (χ2v) is 3.81. The van der Waals surface area contributed by atoms with E-state index in [9.17, 15) is 9.59 Å². The minimum Gasteiger partial charge on any atom is -0.469 e. The van der Waals surface area contributed by atoms with E-state index in [1.54, 1.807) is 0 Å². The number of methoxy groups -OCH3 is 1. The number of fused-ring (bicyclic) bond motifs is 2. The molecule has 1 aliphatic heterocycles. The van der Waals surface area contributed by atoms with Crippen LogP contribution in [-0.2, 0) is 19.1 Å². The maximum absolute atomic E-state index is 11.6. The van der Waals surface area contributed by atoms with Crippen molar-refractivity contribution in [3.63, 3.8) is 0 Å². The number of hydrogen-bond acceptors (Lipinski definition) is 4. The number of carbonyl (C=O) groups is 2. The Morgan fingerprint density at radius 2 is 2.50 bits per heavy atom. The summed E-state index contributed by atoms with van der Waals surface area (Å²) >= 11 is 0. The number of esters is 2. The first-order valence-corrected chi connectivity index (χ1v) is 4.61. The third kappa shape index (κ3) is 1.31. The van der Waals surface area contributed by atoms with Crippen molar-refractivity contribution >= 4 is 11.9 Å². The highest BCUT2D eigenvalue weighted by Gasteiger charge is 2.48. The van der Waals surface area contributed by atoms with Crippen molar-refractivity contribution in [2.45, 2.75) is 25.4 Å². The molecule has 4 heteroatoms. The molecule has 1 saturated heterocycles. The highest BCUT2D eigenvalue weighted by molar-refractivity contribution is 5.85. The van der Waals surface area contributed by atoms with E-state index in [-0.39, 0.29) is 24.5 Å². The molecule has 76 valence electrons. The smallest absolute Gasteiger partial charge is 0.312 e. The van der Waals surface area contributed by atoms with E-state index in [1.165, 1.54) is 7.11 Å². The Kier molecular flexibility index (Phi) is 2.06. The summed E-state index contributed by atoms with van der Waals surface area (Å²) in [6.07, 6.45) is 4.74. The Hall–Kier alpha value is -1.32. The molecule has 1 heterocycles. The molecule has 0 spiro atoms. The molecule has 2 bridgehead atoms. The molecule has 2 rings (SSSR count). The average Bonchev–Trinajstić information content (AvgIpc) is 2.15. The zero-order chi connectivity index (χ0) is 10.2. The molecule has 1 aliphatic carbocycles. The predicted molar refractivity (Wildman–Crippen MR) is 47.3 cm³/mol. The zero-order valence-electron chi connectivity index (χ0n) is 7.99. The summed E-state index contributed by atoms with van der Waals surface area (Å²) in [7, 11) is 1.35. The standard InChI is InChI=1S/C10H12O4/c1-13-9(12)10-4-2-3-7(5-10)14-8(11)6-10/h2-3,7H,4-6H2,1H3/t7-,10-/m0/s1. The third-order valence-electron chi connectivity index (χ3n) is 2.84. The lowest BCUT2D eigenvalue weighted by Crippen LogP contribution is -2.45. The molecule has 2 aliphatic rings. The highest BCUT2D eigenvalue weighted by atomic mass is 16.5. The number of hydrogen-bond donors (Lipinski definition) is 0. The average molecular weight is 196 g/mol. The Bertz CT molecular complexity index is 307. The molecule has 0 aromatic carbocycles. The molecule has 4 nitrogen and oxygen atoms in total. The Morgan fingerprint density at radius 3 is 3.21 bits per heavy atom. The number of allylic oxidation sites excluding steroid dienone is 1. The van der Waals surface area contributed by atoms with Gasteiger partial charge in [-0.05, 0) is 12.5 Å². The van der Waals surface area contributed by atoms with Crippen molar-refractivity contribution in [3.05, 3.63) is 12.2 Å². The molecule has 14 heavy (non-hydrogen) atoms. The van der Waals surface area contributed by atoms with Crippen LogP contribution in [0.3, 0.4) is 0 Å². The van der Waals surface area contributed by atoms with Crippen molar-refractivity contribution < 1.29 is 19.1 Å². The molecular weight excluding hydrogens is 184 g/mol. The largest absolute Gasteiger partial charge is 0.469 e. The first-order chi connectivity index (χ1) is 6.66. The van der Waals surface area contributed by atoms with E-state index in [0.717, 1.165) is 0 Å². The summed E-state index contributed by atoms with van der Waals surface area (Å²) in [5.74, 6) is -0.612. The van der Waals surface area contributed by atoms with Gasteiger partial charge in [-0.25, -0.2) is 0 Å². The summed E-state index contributed by atoms with van der Waals surface area (Å²) in [6, 6.07) is 0. The van der Waals surface area contributed by atoms with Gasteiger partial charge in [-0.2, -0.15) is 0 Å². The second kappa shape index (κ2) is 3.12. The van der Waals surface area contributed by atoms with E-state index in [0.29, 0.717) is 12.8 Å². The number of ether oxygens (including phenoxy) is 2. The van der Waals surface area contributed by atoms with Gasteiger partial charge in [-0.3, -0.25) is 9.59 Å². The van der Waals surface area contributed by atoms with Crippen molar-refractivity contribution in [1.82, 2.24) is 0 Å². The van der Waals surface area contributed by atoms with Gasteiger partial charge in [0.15, 0.2) is 0 Å². The van der Waals surface area contributed by atoms with Crippen molar-refractivity contribution in [2.75, 3.05) is 7.11 Å². The molecule has 0 saturated carbocycles. The van der Waals surface area contributed by atoms with Gasteiger partial charge >= 0.3 is 11.9 Å². The molecule has 0 amide bonds. The van der Waals surface area contributed by atoms with Crippen LogP contribution < -0.4 is 0 Å². The van der Waals surface area contributed by atoms with Gasteiger partial charge in [-0.1, -0.05) is 6.08 Å². The van der Waals surface area contributed by atoms with Crippen LogP contribution in [0.4, 0.5) is 0 Å². The SMILES string of the molecule is COC(=O)[C@@]12CC=C[C@@H](C1)OC(=O)C2. The fourth-order valence-corrected chi connectivity index (χ4v) is 2.15. The molecule has 0 radical (unpaired) electrons. The molecule has 0 aromatic rings. The van der Waals surface area contributed by atoms with Crippen LogP contribution in [0, 0.1) is 5.41 Å². The van der Waals surface area contributed by atoms with Crippen molar-refractivity contribution in [1.29, 1.82) is 0 Å². The van der Waals surface area contributed by atoms with E-state index in [4.69, 9.17) is 9.47 Å². The predicted octanol–water partition coefficient (Wildman–Crippen LogP) is 0.811. The van der Waals surface area contributed by atoms with Gasteiger partial charge in [0.2, 0.25) is 0 Å². The zero-order valence-corrected chi connectivity index (χ0v) is 7.99. The monoisotopic (exact) mass is 196 g/mol.